The van der Waals surface area contributed by atoms with E-state index in [1.807, 2.05) is 36.6 Å². The molecule has 0 bridgehead atoms. The van der Waals surface area contributed by atoms with E-state index in [9.17, 15) is 9.18 Å². The highest BCUT2D eigenvalue weighted by atomic mass is 32.2. The zero-order valence-corrected chi connectivity index (χ0v) is 17.5. The number of carbonyl (C=O) groups excluding carboxylic acids is 1. The maximum atomic E-state index is 13.4. The van der Waals surface area contributed by atoms with Crippen molar-refractivity contribution in [1.82, 2.24) is 9.97 Å². The second-order valence-corrected chi connectivity index (χ2v) is 8.88. The molecular formula is C21H21FN4OS2. The number of benzene rings is 1. The summed E-state index contributed by atoms with van der Waals surface area (Å²) in [5, 5.41) is 6.45. The summed E-state index contributed by atoms with van der Waals surface area (Å²) < 4.78 is 16.6. The molecule has 1 amide bonds. The van der Waals surface area contributed by atoms with Crippen molar-refractivity contribution in [1.29, 1.82) is 0 Å². The zero-order chi connectivity index (χ0) is 20.2. The molecule has 1 fully saturated rings. The third kappa shape index (κ3) is 5.13. The Bertz CT molecular complexity index is 988. The van der Waals surface area contributed by atoms with Crippen LogP contribution >= 0.6 is 23.3 Å². The Morgan fingerprint density at radius 1 is 1.28 bits per heavy atom. The average molecular weight is 429 g/mol. The summed E-state index contributed by atoms with van der Waals surface area (Å²) in [4.78, 5) is 21.3. The van der Waals surface area contributed by atoms with Gasteiger partial charge in [0.2, 0.25) is 5.91 Å². The van der Waals surface area contributed by atoms with E-state index >= 15 is 0 Å². The third-order valence-corrected chi connectivity index (χ3v) is 6.65. The number of nitrogens with one attached hydrogen (secondary N) is 2. The van der Waals surface area contributed by atoms with Gasteiger partial charge in [-0.1, -0.05) is 19.1 Å². The van der Waals surface area contributed by atoms with Gasteiger partial charge in [0, 0.05) is 28.1 Å². The van der Waals surface area contributed by atoms with E-state index in [1.165, 1.54) is 36.4 Å². The van der Waals surface area contributed by atoms with Crippen molar-refractivity contribution >= 4 is 40.0 Å². The van der Waals surface area contributed by atoms with Gasteiger partial charge >= 0.3 is 0 Å². The van der Waals surface area contributed by atoms with Crippen molar-refractivity contribution < 1.29 is 9.18 Å². The quantitative estimate of drug-likeness (QED) is 0.451. The zero-order valence-electron chi connectivity index (χ0n) is 15.9. The van der Waals surface area contributed by atoms with Gasteiger partial charge in [0.05, 0.1) is 17.8 Å². The monoisotopic (exact) mass is 428 g/mol. The van der Waals surface area contributed by atoms with Gasteiger partial charge in [-0.2, -0.15) is 0 Å². The van der Waals surface area contributed by atoms with Gasteiger partial charge in [0.15, 0.2) is 5.13 Å². The highest BCUT2D eigenvalue weighted by Crippen LogP contribution is 2.35. The standard InChI is InChI=1S/C21H21FN4OS2/c1-2-18(19-12-28-21(25-19)26-29-17-7-8-17)20(27)24-16-5-3-13(4-6-16)14-9-15(22)11-23-10-14/h3-6,9-12,17-18H,2,7-8H2,1H3,(H,24,27)(H,25,26). The molecule has 1 aromatic carbocycles. The summed E-state index contributed by atoms with van der Waals surface area (Å²) in [6.07, 6.45) is 5.96. The minimum Gasteiger partial charge on any atom is -0.326 e. The molecule has 0 spiro atoms. The molecule has 5 nitrogen and oxygen atoms in total. The number of rotatable bonds is 8. The molecular weight excluding hydrogens is 407 g/mol. The smallest absolute Gasteiger partial charge is 0.233 e. The van der Waals surface area contributed by atoms with Gasteiger partial charge in [-0.15, -0.1) is 11.3 Å². The van der Waals surface area contributed by atoms with Crippen LogP contribution in [-0.2, 0) is 4.79 Å². The molecule has 2 aromatic heterocycles. The Labute approximate surface area is 177 Å². The Kier molecular flexibility index (Phi) is 6.10. The summed E-state index contributed by atoms with van der Waals surface area (Å²) in [6.45, 7) is 1.98. The Hall–Kier alpha value is -2.45. The fourth-order valence-corrected chi connectivity index (χ4v) is 4.52. The normalized spacial score (nSPS) is 14.4. The Morgan fingerprint density at radius 3 is 2.76 bits per heavy atom. The van der Waals surface area contributed by atoms with Crippen LogP contribution in [0.4, 0.5) is 15.2 Å². The number of aromatic nitrogens is 2. The third-order valence-electron chi connectivity index (χ3n) is 4.63. The molecule has 4 rings (SSSR count). The van der Waals surface area contributed by atoms with Gasteiger partial charge in [0.25, 0.3) is 0 Å². The molecule has 1 unspecified atom stereocenters. The van der Waals surface area contributed by atoms with E-state index in [1.54, 1.807) is 18.1 Å². The highest BCUT2D eigenvalue weighted by molar-refractivity contribution is 8.01. The van der Waals surface area contributed by atoms with E-state index in [-0.39, 0.29) is 17.6 Å². The second-order valence-electron chi connectivity index (χ2n) is 6.92. The molecule has 2 N–H and O–H groups in total. The lowest BCUT2D eigenvalue weighted by Gasteiger charge is -2.13. The van der Waals surface area contributed by atoms with Crippen molar-refractivity contribution in [3.63, 3.8) is 0 Å². The van der Waals surface area contributed by atoms with Crippen LogP contribution in [0.1, 0.15) is 37.8 Å². The van der Waals surface area contributed by atoms with Gasteiger partial charge in [-0.25, -0.2) is 9.37 Å². The predicted molar refractivity (Wildman–Crippen MR) is 118 cm³/mol. The summed E-state index contributed by atoms with van der Waals surface area (Å²) in [7, 11) is 0. The number of carbonyl (C=O) groups is 1. The lowest BCUT2D eigenvalue weighted by atomic mass is 10.0. The van der Waals surface area contributed by atoms with Gasteiger partial charge < -0.3 is 10.0 Å². The molecule has 8 heteroatoms. The number of thiazole rings is 1. The van der Waals surface area contributed by atoms with Crippen LogP contribution in [0.2, 0.25) is 0 Å². The largest absolute Gasteiger partial charge is 0.326 e. The van der Waals surface area contributed by atoms with Crippen LogP contribution in [0.25, 0.3) is 11.1 Å². The van der Waals surface area contributed by atoms with Crippen LogP contribution in [-0.4, -0.2) is 21.1 Å². The highest BCUT2D eigenvalue weighted by Gasteiger charge is 2.24. The summed E-state index contributed by atoms with van der Waals surface area (Å²) in [6, 6.07) is 8.74. The van der Waals surface area contributed by atoms with E-state index in [4.69, 9.17) is 0 Å². The van der Waals surface area contributed by atoms with Crippen molar-refractivity contribution in [3.05, 3.63) is 59.6 Å². The summed E-state index contributed by atoms with van der Waals surface area (Å²) in [5.74, 6) is -0.766. The maximum absolute atomic E-state index is 13.4. The topological polar surface area (TPSA) is 66.9 Å². The minimum absolute atomic E-state index is 0.0839. The first-order chi connectivity index (χ1) is 14.1. The van der Waals surface area contributed by atoms with Gasteiger partial charge in [-0.3, -0.25) is 9.78 Å². The predicted octanol–water partition coefficient (Wildman–Crippen LogP) is 5.70. The first-order valence-electron chi connectivity index (χ1n) is 9.51. The van der Waals surface area contributed by atoms with Crippen LogP contribution in [0.5, 0.6) is 0 Å². The number of hydrogen-bond donors (Lipinski definition) is 2. The molecule has 3 aromatic rings. The van der Waals surface area contributed by atoms with Crippen LogP contribution in [0.3, 0.4) is 0 Å². The van der Waals surface area contributed by atoms with Gasteiger partial charge in [-0.05, 0) is 55.0 Å². The van der Waals surface area contributed by atoms with Crippen molar-refractivity contribution in [2.24, 2.45) is 0 Å². The molecule has 150 valence electrons. The number of halogens is 1. The summed E-state index contributed by atoms with van der Waals surface area (Å²) >= 11 is 3.24. The number of anilines is 2. The van der Waals surface area contributed by atoms with Gasteiger partial charge in [0.1, 0.15) is 5.82 Å². The molecule has 0 saturated heterocycles. The Balaban J connectivity index is 1.40. The van der Waals surface area contributed by atoms with E-state index < -0.39 is 0 Å². The molecule has 2 heterocycles. The van der Waals surface area contributed by atoms with Crippen molar-refractivity contribution in [2.45, 2.75) is 37.4 Å². The number of amides is 1. The SMILES string of the molecule is CCC(C(=O)Nc1ccc(-c2cncc(F)c2)cc1)c1csc(NSC2CC2)n1. The first kappa shape index (κ1) is 19.8. The lowest BCUT2D eigenvalue weighted by molar-refractivity contribution is -0.117. The number of pyridine rings is 1. The molecule has 1 atom stereocenters. The van der Waals surface area contributed by atoms with E-state index in [0.717, 1.165) is 16.4 Å². The van der Waals surface area contributed by atoms with E-state index in [0.29, 0.717) is 22.9 Å². The molecule has 29 heavy (non-hydrogen) atoms. The summed E-state index contributed by atoms with van der Waals surface area (Å²) in [5.41, 5.74) is 3.02. The molecule has 0 radical (unpaired) electrons. The van der Waals surface area contributed by atoms with Crippen molar-refractivity contribution in [3.8, 4) is 11.1 Å². The average Bonchev–Trinajstić information content (AvgIpc) is 3.45. The number of nitrogens with zero attached hydrogens (tertiary/aromatic N) is 2. The lowest BCUT2D eigenvalue weighted by Crippen LogP contribution is -2.21. The van der Waals surface area contributed by atoms with Crippen LogP contribution in [0, 0.1) is 5.82 Å². The molecule has 1 aliphatic carbocycles. The maximum Gasteiger partial charge on any atom is 0.233 e. The fourth-order valence-electron chi connectivity index (χ4n) is 2.89. The molecule has 1 aliphatic rings. The molecule has 0 aliphatic heterocycles. The van der Waals surface area contributed by atoms with Crippen LogP contribution in [0.15, 0.2) is 48.1 Å². The van der Waals surface area contributed by atoms with Crippen LogP contribution < -0.4 is 10.0 Å². The fraction of sp³-hybridized carbons (Fsp3) is 0.286. The Morgan fingerprint density at radius 2 is 2.07 bits per heavy atom. The second kappa shape index (κ2) is 8.92. The van der Waals surface area contributed by atoms with Crippen molar-refractivity contribution in [2.75, 3.05) is 10.0 Å². The van der Waals surface area contributed by atoms with E-state index in [2.05, 4.69) is 20.0 Å². The minimum atomic E-state index is -0.377. The first-order valence-corrected chi connectivity index (χ1v) is 11.3. The number of hydrogen-bond acceptors (Lipinski definition) is 6. The molecule has 1 saturated carbocycles.